The number of hydrogen-bond acceptors (Lipinski definition) is 5. The number of allylic oxidation sites excluding steroid dienone is 1. The first-order chi connectivity index (χ1) is 10.6. The van der Waals surface area contributed by atoms with Crippen LogP contribution in [0.25, 0.3) is 5.70 Å². The number of nitrogens with one attached hydrogen (secondary N) is 1. The largest absolute Gasteiger partial charge is 0.492 e. The van der Waals surface area contributed by atoms with E-state index in [4.69, 9.17) is 15.9 Å². The van der Waals surface area contributed by atoms with Crippen molar-refractivity contribution >= 4 is 17.6 Å². The molecule has 1 aliphatic rings. The van der Waals surface area contributed by atoms with Gasteiger partial charge < -0.3 is 20.8 Å². The van der Waals surface area contributed by atoms with Gasteiger partial charge in [-0.2, -0.15) is 0 Å². The van der Waals surface area contributed by atoms with E-state index in [2.05, 4.69) is 4.90 Å². The van der Waals surface area contributed by atoms with Crippen LogP contribution in [-0.4, -0.2) is 56.4 Å². The molecule has 5 heteroatoms. The van der Waals surface area contributed by atoms with Gasteiger partial charge in [-0.3, -0.25) is 4.90 Å². The monoisotopic (exact) mass is 302 g/mol. The molecule has 0 aromatic heterocycles. The normalized spacial score (nSPS) is 15.8. The van der Waals surface area contributed by atoms with Gasteiger partial charge in [0.25, 0.3) is 0 Å². The third-order valence-corrected chi connectivity index (χ3v) is 3.87. The zero-order valence-corrected chi connectivity index (χ0v) is 13.5. The molecule has 1 aliphatic heterocycles. The molecule has 0 radical (unpaired) electrons. The molecule has 0 atom stereocenters. The molecular weight excluding hydrogens is 276 g/mol. The molecule has 0 spiro atoms. The number of hydrogen-bond donors (Lipinski definition) is 2. The molecule has 0 aliphatic carbocycles. The van der Waals surface area contributed by atoms with Gasteiger partial charge in [0.05, 0.1) is 0 Å². The molecule has 0 bridgehead atoms. The highest BCUT2D eigenvalue weighted by Gasteiger charge is 2.14. The number of nitrogens with zero attached hydrogens (tertiary/aromatic N) is 2. The molecule has 3 N–H and O–H groups in total. The molecular formula is C17H26N4O. The van der Waals surface area contributed by atoms with Gasteiger partial charge >= 0.3 is 0 Å². The van der Waals surface area contributed by atoms with Crippen molar-refractivity contribution in [1.29, 1.82) is 5.41 Å². The first-order valence-electron chi connectivity index (χ1n) is 7.75. The third-order valence-electron chi connectivity index (χ3n) is 3.87. The van der Waals surface area contributed by atoms with Crippen LogP contribution in [0, 0.1) is 5.41 Å². The van der Waals surface area contributed by atoms with Crippen molar-refractivity contribution in [3.8, 4) is 5.75 Å². The maximum absolute atomic E-state index is 7.34. The van der Waals surface area contributed by atoms with E-state index in [1.54, 1.807) is 6.08 Å². The maximum Gasteiger partial charge on any atom is 0.128 e. The number of rotatable bonds is 7. The minimum absolute atomic E-state index is 0.669. The summed E-state index contributed by atoms with van der Waals surface area (Å²) in [5.41, 5.74) is 8.46. The second-order valence-corrected chi connectivity index (χ2v) is 5.77. The SMILES string of the molecule is CN(C)/C(=C\C=N)c1cc(N)ccc1OCCN1CCCC1. The van der Waals surface area contributed by atoms with Gasteiger partial charge in [0.2, 0.25) is 0 Å². The molecule has 0 unspecified atom stereocenters. The van der Waals surface area contributed by atoms with Crippen molar-refractivity contribution in [2.75, 3.05) is 46.1 Å². The minimum atomic E-state index is 0.669. The van der Waals surface area contributed by atoms with Gasteiger partial charge in [0, 0.05) is 43.8 Å². The second-order valence-electron chi connectivity index (χ2n) is 5.77. The molecule has 1 fully saturated rings. The van der Waals surface area contributed by atoms with Gasteiger partial charge in [-0.1, -0.05) is 0 Å². The van der Waals surface area contributed by atoms with E-state index >= 15 is 0 Å². The highest BCUT2D eigenvalue weighted by molar-refractivity contribution is 5.84. The first-order valence-corrected chi connectivity index (χ1v) is 7.75. The summed E-state index contributed by atoms with van der Waals surface area (Å²) in [6.07, 6.45) is 5.62. The Hall–Kier alpha value is -2.01. The predicted molar refractivity (Wildman–Crippen MR) is 92.5 cm³/mol. The summed E-state index contributed by atoms with van der Waals surface area (Å²) in [7, 11) is 3.90. The van der Waals surface area contributed by atoms with Crippen LogP contribution < -0.4 is 10.5 Å². The number of nitrogens with two attached hydrogens (primary N) is 1. The van der Waals surface area contributed by atoms with Gasteiger partial charge in [0.15, 0.2) is 0 Å². The van der Waals surface area contributed by atoms with Crippen molar-refractivity contribution in [3.63, 3.8) is 0 Å². The van der Waals surface area contributed by atoms with Crippen LogP contribution in [0.3, 0.4) is 0 Å². The fraction of sp³-hybridized carbons (Fsp3) is 0.471. The molecule has 1 aromatic carbocycles. The standard InChI is InChI=1S/C17H26N4O/c1-20(2)16(7-8-18)15-13-14(19)5-6-17(15)22-12-11-21-9-3-4-10-21/h5-8,13,18H,3-4,9-12,19H2,1-2H3/b16-7-,18-8?. The van der Waals surface area contributed by atoms with Crippen LogP contribution in [0.5, 0.6) is 5.75 Å². The van der Waals surface area contributed by atoms with Crippen molar-refractivity contribution in [1.82, 2.24) is 9.80 Å². The van der Waals surface area contributed by atoms with Crippen molar-refractivity contribution < 1.29 is 4.74 Å². The number of nitrogen functional groups attached to an aromatic ring is 1. The van der Waals surface area contributed by atoms with E-state index in [1.807, 2.05) is 37.2 Å². The average Bonchev–Trinajstić information content (AvgIpc) is 2.99. The summed E-state index contributed by atoms with van der Waals surface area (Å²) in [6, 6.07) is 5.67. The smallest absolute Gasteiger partial charge is 0.128 e. The lowest BCUT2D eigenvalue weighted by atomic mass is 10.1. The van der Waals surface area contributed by atoms with E-state index in [0.717, 1.165) is 23.6 Å². The Kier molecular flexibility index (Phi) is 5.83. The van der Waals surface area contributed by atoms with Crippen molar-refractivity contribution in [2.24, 2.45) is 0 Å². The Balaban J connectivity index is 2.12. The molecule has 0 saturated carbocycles. The lowest BCUT2D eigenvalue weighted by molar-refractivity contribution is 0.237. The van der Waals surface area contributed by atoms with E-state index < -0.39 is 0 Å². The second kappa shape index (κ2) is 7.84. The zero-order chi connectivity index (χ0) is 15.9. The van der Waals surface area contributed by atoms with Crippen molar-refractivity contribution in [3.05, 3.63) is 29.8 Å². The predicted octanol–water partition coefficient (Wildman–Crippen LogP) is 2.30. The van der Waals surface area contributed by atoms with E-state index in [1.165, 1.54) is 32.1 Å². The van der Waals surface area contributed by atoms with Crippen molar-refractivity contribution in [2.45, 2.75) is 12.8 Å². The maximum atomic E-state index is 7.34. The van der Waals surface area contributed by atoms with Crippen LogP contribution in [-0.2, 0) is 0 Å². The molecule has 1 aromatic rings. The fourth-order valence-electron chi connectivity index (χ4n) is 2.72. The Morgan fingerprint density at radius 2 is 2.09 bits per heavy atom. The number of anilines is 1. The van der Waals surface area contributed by atoms with Gasteiger partial charge in [-0.05, 0) is 50.2 Å². The summed E-state index contributed by atoms with van der Waals surface area (Å²) in [5, 5.41) is 7.34. The Morgan fingerprint density at radius 3 is 2.73 bits per heavy atom. The van der Waals surface area contributed by atoms with Crippen LogP contribution in [0.1, 0.15) is 18.4 Å². The Bertz CT molecular complexity index is 533. The van der Waals surface area contributed by atoms with Crippen LogP contribution >= 0.6 is 0 Å². The van der Waals surface area contributed by atoms with Crippen LogP contribution in [0.4, 0.5) is 5.69 Å². The summed E-state index contributed by atoms with van der Waals surface area (Å²) in [4.78, 5) is 4.39. The molecule has 120 valence electrons. The van der Waals surface area contributed by atoms with Gasteiger partial charge in [-0.25, -0.2) is 0 Å². The highest BCUT2D eigenvalue weighted by atomic mass is 16.5. The molecule has 0 amide bonds. The molecule has 2 rings (SSSR count). The zero-order valence-electron chi connectivity index (χ0n) is 13.5. The van der Waals surface area contributed by atoms with Gasteiger partial charge in [-0.15, -0.1) is 0 Å². The number of likely N-dealkylation sites (tertiary alicyclic amines) is 1. The fourth-order valence-corrected chi connectivity index (χ4v) is 2.72. The lowest BCUT2D eigenvalue weighted by Crippen LogP contribution is -2.25. The van der Waals surface area contributed by atoms with E-state index in [0.29, 0.717) is 12.3 Å². The molecule has 1 heterocycles. The van der Waals surface area contributed by atoms with Gasteiger partial charge in [0.1, 0.15) is 12.4 Å². The quantitative estimate of drug-likeness (QED) is 0.599. The number of ether oxygens (including phenoxy) is 1. The Labute approximate surface area is 132 Å². The van der Waals surface area contributed by atoms with Crippen LogP contribution in [0.15, 0.2) is 24.3 Å². The molecule has 22 heavy (non-hydrogen) atoms. The summed E-state index contributed by atoms with van der Waals surface area (Å²) < 4.78 is 5.99. The number of benzene rings is 1. The lowest BCUT2D eigenvalue weighted by Gasteiger charge is -2.21. The Morgan fingerprint density at radius 1 is 1.36 bits per heavy atom. The van der Waals surface area contributed by atoms with E-state index in [-0.39, 0.29) is 0 Å². The highest BCUT2D eigenvalue weighted by Crippen LogP contribution is 2.29. The first kappa shape index (κ1) is 16.4. The average molecular weight is 302 g/mol. The van der Waals surface area contributed by atoms with E-state index in [9.17, 15) is 0 Å². The minimum Gasteiger partial charge on any atom is -0.492 e. The summed E-state index contributed by atoms with van der Waals surface area (Å²) in [6.45, 7) is 3.97. The molecule has 5 nitrogen and oxygen atoms in total. The molecule has 1 saturated heterocycles. The topological polar surface area (TPSA) is 65.6 Å². The third kappa shape index (κ3) is 4.24. The summed E-state index contributed by atoms with van der Waals surface area (Å²) in [5.74, 6) is 0.815. The summed E-state index contributed by atoms with van der Waals surface area (Å²) >= 11 is 0. The van der Waals surface area contributed by atoms with Crippen LogP contribution in [0.2, 0.25) is 0 Å².